The smallest absolute Gasteiger partial charge is 0.0809 e. The third kappa shape index (κ3) is 4.33. The zero-order valence-corrected chi connectivity index (χ0v) is 10.4. The second-order valence-electron chi connectivity index (χ2n) is 4.42. The fraction of sp³-hybridized carbons (Fsp3) is 0.571. The van der Waals surface area contributed by atoms with E-state index in [1.165, 1.54) is 5.56 Å². The molecule has 0 spiro atoms. The first-order valence-electron chi connectivity index (χ1n) is 6.17. The van der Waals surface area contributed by atoms with Crippen molar-refractivity contribution in [2.45, 2.75) is 38.7 Å². The fourth-order valence-electron chi connectivity index (χ4n) is 1.79. The number of nitrogens with one attached hydrogen (secondary N) is 1. The van der Waals surface area contributed by atoms with Gasteiger partial charge in [-0.2, -0.15) is 0 Å². The zero-order chi connectivity index (χ0) is 11.9. The Morgan fingerprint density at radius 2 is 1.88 bits per heavy atom. The van der Waals surface area contributed by atoms with Crippen molar-refractivity contribution in [3.05, 3.63) is 35.9 Å². The molecule has 0 saturated heterocycles. The maximum atomic E-state index is 10.4. The lowest BCUT2D eigenvalue weighted by Crippen LogP contribution is -2.42. The van der Waals surface area contributed by atoms with Gasteiger partial charge in [0.15, 0.2) is 0 Å². The molecule has 1 unspecified atom stereocenters. The second kappa shape index (κ2) is 6.66. The second-order valence-corrected chi connectivity index (χ2v) is 4.42. The summed E-state index contributed by atoms with van der Waals surface area (Å²) < 4.78 is 0. The topological polar surface area (TPSA) is 32.3 Å². The molecule has 0 aliphatic carbocycles. The number of hydrogen-bond donors (Lipinski definition) is 2. The van der Waals surface area contributed by atoms with E-state index in [-0.39, 0.29) is 0 Å². The first-order valence-corrected chi connectivity index (χ1v) is 6.17. The predicted molar refractivity (Wildman–Crippen MR) is 68.5 cm³/mol. The normalized spacial score (nSPS) is 14.7. The van der Waals surface area contributed by atoms with Gasteiger partial charge in [0.1, 0.15) is 0 Å². The molecule has 0 fully saturated rings. The van der Waals surface area contributed by atoms with Crippen molar-refractivity contribution in [1.82, 2.24) is 5.32 Å². The summed E-state index contributed by atoms with van der Waals surface area (Å²) in [5, 5.41) is 13.7. The Hall–Kier alpha value is -0.860. The van der Waals surface area contributed by atoms with Gasteiger partial charge in [-0.05, 0) is 24.9 Å². The highest BCUT2D eigenvalue weighted by atomic mass is 16.3. The average Bonchev–Trinajstić information content (AvgIpc) is 2.31. The summed E-state index contributed by atoms with van der Waals surface area (Å²) in [6.07, 6.45) is 2.60. The Labute approximate surface area is 98.7 Å². The van der Waals surface area contributed by atoms with Gasteiger partial charge in [-0.25, -0.2) is 0 Å². The molecule has 0 saturated carbocycles. The molecule has 0 bridgehead atoms. The molecule has 1 atom stereocenters. The first-order chi connectivity index (χ1) is 7.70. The number of hydrogen-bond acceptors (Lipinski definition) is 2. The molecular weight excluding hydrogens is 198 g/mol. The standard InChI is InChI=1S/C14H23NO/c1-3-10-15-12-14(16,4-2)11-13-8-6-5-7-9-13/h5-9,15-16H,3-4,10-12H2,1-2H3. The van der Waals surface area contributed by atoms with Crippen LogP contribution in [0.1, 0.15) is 32.3 Å². The summed E-state index contributed by atoms with van der Waals surface area (Å²) in [6, 6.07) is 10.2. The Kier molecular flexibility index (Phi) is 5.50. The Balaban J connectivity index is 2.52. The quantitative estimate of drug-likeness (QED) is 0.693. The van der Waals surface area contributed by atoms with Gasteiger partial charge >= 0.3 is 0 Å². The van der Waals surface area contributed by atoms with Crippen molar-refractivity contribution in [3.8, 4) is 0 Å². The monoisotopic (exact) mass is 221 g/mol. The van der Waals surface area contributed by atoms with E-state index < -0.39 is 5.60 Å². The van der Waals surface area contributed by atoms with Crippen LogP contribution in [0.4, 0.5) is 0 Å². The van der Waals surface area contributed by atoms with Crippen LogP contribution in [0.2, 0.25) is 0 Å². The molecule has 90 valence electrons. The molecule has 2 N–H and O–H groups in total. The van der Waals surface area contributed by atoms with E-state index in [0.717, 1.165) is 25.8 Å². The van der Waals surface area contributed by atoms with Gasteiger partial charge in [0.2, 0.25) is 0 Å². The molecule has 0 radical (unpaired) electrons. The molecule has 0 aliphatic heterocycles. The van der Waals surface area contributed by atoms with Crippen LogP contribution >= 0.6 is 0 Å². The minimum absolute atomic E-state index is 0.615. The van der Waals surface area contributed by atoms with Gasteiger partial charge in [0, 0.05) is 13.0 Å². The van der Waals surface area contributed by atoms with Crippen LogP contribution in [0, 0.1) is 0 Å². The van der Waals surface area contributed by atoms with Gasteiger partial charge < -0.3 is 10.4 Å². The Morgan fingerprint density at radius 3 is 2.44 bits per heavy atom. The van der Waals surface area contributed by atoms with Gasteiger partial charge in [-0.1, -0.05) is 44.2 Å². The third-order valence-corrected chi connectivity index (χ3v) is 2.91. The SMILES string of the molecule is CCCNCC(O)(CC)Cc1ccccc1. The van der Waals surface area contributed by atoms with Crippen LogP contribution in [0.15, 0.2) is 30.3 Å². The minimum Gasteiger partial charge on any atom is -0.388 e. The molecule has 2 heteroatoms. The molecule has 2 nitrogen and oxygen atoms in total. The predicted octanol–water partition coefficient (Wildman–Crippen LogP) is 2.37. The van der Waals surface area contributed by atoms with Crippen molar-refractivity contribution in [2.75, 3.05) is 13.1 Å². The summed E-state index contributed by atoms with van der Waals surface area (Å²) in [4.78, 5) is 0. The first kappa shape index (κ1) is 13.2. The van der Waals surface area contributed by atoms with Gasteiger partial charge in [-0.3, -0.25) is 0 Å². The summed E-state index contributed by atoms with van der Waals surface area (Å²) >= 11 is 0. The average molecular weight is 221 g/mol. The van der Waals surface area contributed by atoms with E-state index in [9.17, 15) is 5.11 Å². The lowest BCUT2D eigenvalue weighted by atomic mass is 9.92. The van der Waals surface area contributed by atoms with E-state index in [1.807, 2.05) is 25.1 Å². The molecule has 16 heavy (non-hydrogen) atoms. The molecule has 0 aromatic heterocycles. The Bertz CT molecular complexity index is 286. The van der Waals surface area contributed by atoms with Crippen LogP contribution < -0.4 is 5.32 Å². The number of benzene rings is 1. The van der Waals surface area contributed by atoms with Crippen LogP contribution in [0.3, 0.4) is 0 Å². The van der Waals surface area contributed by atoms with E-state index in [2.05, 4.69) is 24.4 Å². The molecular formula is C14H23NO. The van der Waals surface area contributed by atoms with Gasteiger partial charge in [0.05, 0.1) is 5.60 Å². The van der Waals surface area contributed by atoms with Crippen LogP contribution in [0.5, 0.6) is 0 Å². The summed E-state index contributed by atoms with van der Waals surface area (Å²) in [6.45, 7) is 5.81. The maximum absolute atomic E-state index is 10.4. The van der Waals surface area contributed by atoms with E-state index in [1.54, 1.807) is 0 Å². The third-order valence-electron chi connectivity index (χ3n) is 2.91. The van der Waals surface area contributed by atoms with Crippen molar-refractivity contribution in [2.24, 2.45) is 0 Å². The highest BCUT2D eigenvalue weighted by Crippen LogP contribution is 2.16. The summed E-state index contributed by atoms with van der Waals surface area (Å²) in [7, 11) is 0. The van der Waals surface area contributed by atoms with E-state index in [0.29, 0.717) is 6.54 Å². The van der Waals surface area contributed by atoms with Crippen molar-refractivity contribution < 1.29 is 5.11 Å². The lowest BCUT2D eigenvalue weighted by Gasteiger charge is -2.27. The van der Waals surface area contributed by atoms with Crippen molar-refractivity contribution in [3.63, 3.8) is 0 Å². The molecule has 0 heterocycles. The molecule has 1 rings (SSSR count). The fourth-order valence-corrected chi connectivity index (χ4v) is 1.79. The van der Waals surface area contributed by atoms with Crippen molar-refractivity contribution in [1.29, 1.82) is 0 Å². The highest BCUT2D eigenvalue weighted by molar-refractivity contribution is 5.17. The largest absolute Gasteiger partial charge is 0.388 e. The summed E-state index contributed by atoms with van der Waals surface area (Å²) in [5.41, 5.74) is 0.585. The van der Waals surface area contributed by atoms with Crippen molar-refractivity contribution >= 4 is 0 Å². The van der Waals surface area contributed by atoms with E-state index >= 15 is 0 Å². The lowest BCUT2D eigenvalue weighted by molar-refractivity contribution is 0.0369. The number of aliphatic hydroxyl groups is 1. The molecule has 0 aliphatic rings. The van der Waals surface area contributed by atoms with Crippen LogP contribution in [-0.2, 0) is 6.42 Å². The number of rotatable bonds is 7. The minimum atomic E-state index is -0.615. The van der Waals surface area contributed by atoms with E-state index in [4.69, 9.17) is 0 Å². The van der Waals surface area contributed by atoms with Gasteiger partial charge in [0.25, 0.3) is 0 Å². The van der Waals surface area contributed by atoms with Crippen LogP contribution in [-0.4, -0.2) is 23.8 Å². The molecule has 1 aromatic carbocycles. The summed E-state index contributed by atoms with van der Waals surface area (Å²) in [5.74, 6) is 0. The molecule has 0 amide bonds. The van der Waals surface area contributed by atoms with Gasteiger partial charge in [-0.15, -0.1) is 0 Å². The van der Waals surface area contributed by atoms with Crippen LogP contribution in [0.25, 0.3) is 0 Å². The Morgan fingerprint density at radius 1 is 1.19 bits per heavy atom. The zero-order valence-electron chi connectivity index (χ0n) is 10.4. The highest BCUT2D eigenvalue weighted by Gasteiger charge is 2.24. The maximum Gasteiger partial charge on any atom is 0.0809 e. The molecule has 1 aromatic rings.